The van der Waals surface area contributed by atoms with Crippen LogP contribution in [0.5, 0.6) is 0 Å². The third-order valence-corrected chi connectivity index (χ3v) is 10.7. The summed E-state index contributed by atoms with van der Waals surface area (Å²) in [5, 5.41) is 25.1. The quantitative estimate of drug-likeness (QED) is 0.199. The molecular formula is C35H42O12. The molecule has 254 valence electrons. The number of allylic oxidation sites excluding steroid dienone is 1. The smallest absolute Gasteiger partial charge is 0.338 e. The van der Waals surface area contributed by atoms with Crippen molar-refractivity contribution in [2.24, 2.45) is 16.7 Å². The first-order valence-corrected chi connectivity index (χ1v) is 15.7. The molecule has 5 rings (SSSR count). The molecule has 4 aliphatic rings. The van der Waals surface area contributed by atoms with E-state index in [1.165, 1.54) is 38.1 Å². The molecule has 0 radical (unpaired) electrons. The summed E-state index contributed by atoms with van der Waals surface area (Å²) < 4.78 is 29.6. The number of ether oxygens (including phenoxy) is 5. The number of carbonyl (C=O) groups is 5. The van der Waals surface area contributed by atoms with Crippen LogP contribution in [0.1, 0.15) is 71.7 Å². The van der Waals surface area contributed by atoms with Gasteiger partial charge in [-0.1, -0.05) is 38.1 Å². The van der Waals surface area contributed by atoms with Gasteiger partial charge in [-0.3, -0.25) is 14.4 Å². The van der Waals surface area contributed by atoms with Crippen molar-refractivity contribution in [1.29, 1.82) is 0 Å². The topological polar surface area (TPSA) is 172 Å². The summed E-state index contributed by atoms with van der Waals surface area (Å²) in [4.78, 5) is 67.2. The molecule has 1 aromatic rings. The normalized spacial score (nSPS) is 37.3. The summed E-state index contributed by atoms with van der Waals surface area (Å²) >= 11 is 0. The van der Waals surface area contributed by atoms with Crippen LogP contribution in [0.15, 0.2) is 53.6 Å². The van der Waals surface area contributed by atoms with Gasteiger partial charge in [-0.15, -0.1) is 0 Å². The molecule has 12 nitrogen and oxygen atoms in total. The number of carbonyl (C=O) groups excluding carboxylic acids is 5. The molecule has 9 atom stereocenters. The zero-order valence-electron chi connectivity index (χ0n) is 27.6. The minimum Gasteiger partial charge on any atom is -0.455 e. The molecule has 2 bridgehead atoms. The predicted molar refractivity (Wildman–Crippen MR) is 163 cm³/mol. The maximum absolute atomic E-state index is 15.1. The van der Waals surface area contributed by atoms with Gasteiger partial charge >= 0.3 is 23.9 Å². The molecule has 0 amide bonds. The fourth-order valence-corrected chi connectivity index (χ4v) is 8.33. The van der Waals surface area contributed by atoms with E-state index >= 15 is 4.79 Å². The van der Waals surface area contributed by atoms with E-state index in [4.69, 9.17) is 23.7 Å². The number of aliphatic hydroxyl groups is 2. The molecule has 3 aliphatic carbocycles. The van der Waals surface area contributed by atoms with Crippen LogP contribution in [0.3, 0.4) is 0 Å². The number of hydrogen-bond donors (Lipinski definition) is 2. The van der Waals surface area contributed by atoms with Gasteiger partial charge in [0.2, 0.25) is 0 Å². The monoisotopic (exact) mass is 654 g/mol. The number of rotatable bonds is 6. The van der Waals surface area contributed by atoms with Crippen LogP contribution in [0.4, 0.5) is 0 Å². The lowest BCUT2D eigenvalue weighted by Crippen LogP contribution is -2.82. The second-order valence-corrected chi connectivity index (χ2v) is 13.7. The highest BCUT2D eigenvalue weighted by Crippen LogP contribution is 2.64. The molecule has 12 heteroatoms. The highest BCUT2D eigenvalue weighted by molar-refractivity contribution is 5.95. The number of Topliss-reactive ketones (excluding diaryl/α,β-unsaturated/α-hetero) is 1. The SMILES string of the molecule is C/C=C/C(=O)O[C@H]1C[C@@]2(O)[C@@H](OC(=O)c3ccccc3)[C@H]3[C@](C)(C(=O)[C@H](OC(C)=O)C(=C1C)C2(C)C)[C@@H](O)CC1OC[C@]13OC(C)=O. The largest absolute Gasteiger partial charge is 0.455 e. The molecule has 1 unspecified atom stereocenters. The van der Waals surface area contributed by atoms with E-state index in [9.17, 15) is 29.4 Å². The molecule has 2 N–H and O–H groups in total. The number of esters is 4. The van der Waals surface area contributed by atoms with E-state index in [-0.39, 0.29) is 30.6 Å². The van der Waals surface area contributed by atoms with Crippen LogP contribution in [0.2, 0.25) is 0 Å². The molecule has 1 aromatic carbocycles. The Bertz CT molecular complexity index is 1540. The van der Waals surface area contributed by atoms with Crippen LogP contribution in [-0.4, -0.2) is 88.2 Å². The number of fused-ring (bicyclic) bond motifs is 5. The first kappa shape index (κ1) is 34.5. The van der Waals surface area contributed by atoms with Crippen LogP contribution < -0.4 is 0 Å². The van der Waals surface area contributed by atoms with Crippen molar-refractivity contribution >= 4 is 29.7 Å². The van der Waals surface area contributed by atoms with Gasteiger partial charge in [-0.2, -0.15) is 0 Å². The Kier molecular flexibility index (Phi) is 8.78. The van der Waals surface area contributed by atoms with Crippen molar-refractivity contribution < 1.29 is 57.9 Å². The second-order valence-electron chi connectivity index (χ2n) is 13.7. The predicted octanol–water partition coefficient (Wildman–Crippen LogP) is 2.78. The van der Waals surface area contributed by atoms with Gasteiger partial charge in [0, 0.05) is 38.2 Å². The van der Waals surface area contributed by atoms with Crippen LogP contribution >= 0.6 is 0 Å². The highest BCUT2D eigenvalue weighted by atomic mass is 16.6. The third-order valence-electron chi connectivity index (χ3n) is 10.7. The Labute approximate surface area is 273 Å². The average molecular weight is 655 g/mol. The summed E-state index contributed by atoms with van der Waals surface area (Å²) in [5.74, 6) is -5.29. The minimum atomic E-state index is -2.18. The molecule has 0 spiro atoms. The number of ketones is 1. The van der Waals surface area contributed by atoms with Gasteiger partial charge in [-0.25, -0.2) is 9.59 Å². The van der Waals surface area contributed by atoms with E-state index in [0.717, 1.165) is 6.92 Å². The molecule has 1 saturated heterocycles. The van der Waals surface area contributed by atoms with E-state index in [1.54, 1.807) is 45.9 Å². The maximum atomic E-state index is 15.1. The number of hydrogen-bond acceptors (Lipinski definition) is 12. The minimum absolute atomic E-state index is 0.137. The van der Waals surface area contributed by atoms with Gasteiger partial charge in [0.15, 0.2) is 17.5 Å². The van der Waals surface area contributed by atoms with Gasteiger partial charge in [0.1, 0.15) is 23.9 Å². The van der Waals surface area contributed by atoms with Crippen molar-refractivity contribution in [3.05, 3.63) is 59.2 Å². The molecular weight excluding hydrogens is 612 g/mol. The van der Waals surface area contributed by atoms with Crippen LogP contribution in [0, 0.1) is 16.7 Å². The number of benzene rings is 1. The lowest BCUT2D eigenvalue weighted by atomic mass is 9.44. The second kappa shape index (κ2) is 12.0. The van der Waals surface area contributed by atoms with Gasteiger partial charge in [0.05, 0.1) is 29.6 Å². The molecule has 47 heavy (non-hydrogen) atoms. The van der Waals surface area contributed by atoms with Gasteiger partial charge < -0.3 is 33.9 Å². The van der Waals surface area contributed by atoms with Crippen molar-refractivity contribution in [1.82, 2.24) is 0 Å². The summed E-state index contributed by atoms with van der Waals surface area (Å²) in [6.45, 7) is 10.0. The molecule has 1 heterocycles. The molecule has 0 aromatic heterocycles. The van der Waals surface area contributed by atoms with Crippen molar-refractivity contribution in [2.45, 2.75) is 103 Å². The Morgan fingerprint density at radius 3 is 2.21 bits per heavy atom. The first-order chi connectivity index (χ1) is 22.0. The van der Waals surface area contributed by atoms with E-state index in [0.29, 0.717) is 5.57 Å². The zero-order chi connectivity index (χ0) is 34.7. The Morgan fingerprint density at radius 1 is 1.00 bits per heavy atom. The lowest BCUT2D eigenvalue weighted by Gasteiger charge is -2.67. The third kappa shape index (κ3) is 5.21. The standard InChI is InChI=1S/C35H42O12/c1-8-12-25(39)45-22-16-35(42)30(46-31(41)21-13-10-9-11-14-21)28-33(7,23(38)15-24-34(28,17-43-24)47-20(4)37)29(40)27(44-19(3)36)26(18(22)2)32(35,5)6/h8-14,22-24,27-28,30,38,42H,15-17H2,1-7H3/b12-8+/t22-,23-,24?,27+,28-,30-,33+,34-,35+/m0/s1. The van der Waals surface area contributed by atoms with Gasteiger partial charge in [0.25, 0.3) is 0 Å². The fraction of sp³-hybridized carbons (Fsp3) is 0.571. The highest BCUT2D eigenvalue weighted by Gasteiger charge is 2.78. The van der Waals surface area contributed by atoms with E-state index < -0.39 is 88.1 Å². The Morgan fingerprint density at radius 2 is 1.66 bits per heavy atom. The zero-order valence-corrected chi connectivity index (χ0v) is 27.6. The summed E-state index contributed by atoms with van der Waals surface area (Å²) in [6.07, 6.45) is -4.66. The molecule has 2 saturated carbocycles. The summed E-state index contributed by atoms with van der Waals surface area (Å²) in [5.41, 5.74) is -6.61. The molecule has 1 aliphatic heterocycles. The summed E-state index contributed by atoms with van der Waals surface area (Å²) in [6, 6.07) is 8.01. The van der Waals surface area contributed by atoms with E-state index in [2.05, 4.69) is 0 Å². The van der Waals surface area contributed by atoms with Crippen molar-refractivity contribution in [3.8, 4) is 0 Å². The maximum Gasteiger partial charge on any atom is 0.338 e. The molecule has 3 fully saturated rings. The van der Waals surface area contributed by atoms with Crippen LogP contribution in [0.25, 0.3) is 0 Å². The lowest BCUT2D eigenvalue weighted by molar-refractivity contribution is -0.346. The first-order valence-electron chi connectivity index (χ1n) is 15.7. The average Bonchev–Trinajstić information content (AvgIpc) is 2.99. The van der Waals surface area contributed by atoms with Crippen molar-refractivity contribution in [2.75, 3.05) is 6.61 Å². The number of aliphatic hydroxyl groups excluding tert-OH is 1. The fourth-order valence-electron chi connectivity index (χ4n) is 8.33. The Hall–Kier alpha value is -3.87. The van der Waals surface area contributed by atoms with Crippen molar-refractivity contribution in [3.63, 3.8) is 0 Å². The summed E-state index contributed by atoms with van der Waals surface area (Å²) in [7, 11) is 0. The van der Waals surface area contributed by atoms with Gasteiger partial charge in [-0.05, 0) is 44.1 Å². The van der Waals surface area contributed by atoms with E-state index in [1.807, 2.05) is 0 Å². The Balaban J connectivity index is 1.85. The van der Waals surface area contributed by atoms with Crippen LogP contribution in [-0.2, 0) is 42.9 Å².